The van der Waals surface area contributed by atoms with E-state index < -0.39 is 6.10 Å². The molecule has 0 aliphatic carbocycles. The van der Waals surface area contributed by atoms with E-state index in [1.807, 2.05) is 35.7 Å². The van der Waals surface area contributed by atoms with Gasteiger partial charge in [0.2, 0.25) is 0 Å². The van der Waals surface area contributed by atoms with Gasteiger partial charge in [-0.1, -0.05) is 24.3 Å². The summed E-state index contributed by atoms with van der Waals surface area (Å²) >= 11 is 1.65. The van der Waals surface area contributed by atoms with E-state index in [9.17, 15) is 5.11 Å². The molecule has 2 heterocycles. The van der Waals surface area contributed by atoms with E-state index in [0.29, 0.717) is 5.69 Å². The Morgan fingerprint density at radius 2 is 2.00 bits per heavy atom. The average molecular weight is 241 g/mol. The van der Waals surface area contributed by atoms with Crippen LogP contribution in [0.15, 0.2) is 54.0 Å². The third-order valence-electron chi connectivity index (χ3n) is 2.77. The third kappa shape index (κ3) is 1.84. The number of rotatable bonds is 2. The van der Waals surface area contributed by atoms with Crippen LogP contribution in [-0.4, -0.2) is 10.1 Å². The predicted molar refractivity (Wildman–Crippen MR) is 70.1 cm³/mol. The van der Waals surface area contributed by atoms with Crippen molar-refractivity contribution in [3.8, 4) is 0 Å². The number of hydrogen-bond acceptors (Lipinski definition) is 3. The van der Waals surface area contributed by atoms with Crippen LogP contribution in [0.2, 0.25) is 0 Å². The molecule has 0 aliphatic rings. The van der Waals surface area contributed by atoms with Crippen LogP contribution >= 0.6 is 11.3 Å². The molecule has 0 amide bonds. The van der Waals surface area contributed by atoms with Crippen molar-refractivity contribution in [3.05, 3.63) is 65.3 Å². The summed E-state index contributed by atoms with van der Waals surface area (Å²) in [7, 11) is 0. The zero-order chi connectivity index (χ0) is 11.7. The van der Waals surface area contributed by atoms with Gasteiger partial charge in [-0.3, -0.25) is 4.98 Å². The maximum Gasteiger partial charge on any atom is 0.122 e. The number of hydrogen-bond donors (Lipinski definition) is 1. The molecule has 0 spiro atoms. The maximum atomic E-state index is 10.4. The molecule has 2 nitrogen and oxygen atoms in total. The fraction of sp³-hybridized carbons (Fsp3) is 0.0714. The maximum absolute atomic E-state index is 10.4. The topological polar surface area (TPSA) is 33.1 Å². The number of fused-ring (bicyclic) bond motifs is 1. The van der Waals surface area contributed by atoms with Crippen LogP contribution < -0.4 is 0 Å². The summed E-state index contributed by atoms with van der Waals surface area (Å²) in [6.07, 6.45) is 1.05. The monoisotopic (exact) mass is 241 g/mol. The molecule has 0 aliphatic heterocycles. The molecular formula is C14H11NOS. The van der Waals surface area contributed by atoms with E-state index in [2.05, 4.69) is 17.1 Å². The number of thiophene rings is 1. The molecule has 2 aromatic heterocycles. The van der Waals surface area contributed by atoms with Crippen molar-refractivity contribution in [1.29, 1.82) is 0 Å². The first-order valence-electron chi connectivity index (χ1n) is 5.41. The van der Waals surface area contributed by atoms with Gasteiger partial charge in [0, 0.05) is 16.5 Å². The molecule has 0 bridgehead atoms. The van der Waals surface area contributed by atoms with E-state index in [-0.39, 0.29) is 0 Å². The highest BCUT2D eigenvalue weighted by atomic mass is 32.1. The van der Waals surface area contributed by atoms with Crippen molar-refractivity contribution in [2.75, 3.05) is 0 Å². The Labute approximate surface area is 103 Å². The summed E-state index contributed by atoms with van der Waals surface area (Å²) in [6.45, 7) is 0. The summed E-state index contributed by atoms with van der Waals surface area (Å²) in [5.74, 6) is 0. The number of benzene rings is 1. The molecule has 0 fully saturated rings. The van der Waals surface area contributed by atoms with Crippen molar-refractivity contribution in [1.82, 2.24) is 4.98 Å². The van der Waals surface area contributed by atoms with E-state index in [0.717, 1.165) is 10.3 Å². The first-order valence-corrected chi connectivity index (χ1v) is 6.29. The van der Waals surface area contributed by atoms with Crippen LogP contribution in [0.25, 0.3) is 10.1 Å². The molecular weight excluding hydrogens is 230 g/mol. The smallest absolute Gasteiger partial charge is 0.122 e. The lowest BCUT2D eigenvalue weighted by atomic mass is 10.0. The fourth-order valence-electron chi connectivity index (χ4n) is 1.93. The van der Waals surface area contributed by atoms with Crippen molar-refractivity contribution in [2.45, 2.75) is 6.10 Å². The number of aromatic nitrogens is 1. The van der Waals surface area contributed by atoms with Gasteiger partial charge in [0.1, 0.15) is 6.10 Å². The molecule has 1 aromatic carbocycles. The highest BCUT2D eigenvalue weighted by Crippen LogP contribution is 2.31. The van der Waals surface area contributed by atoms with E-state index >= 15 is 0 Å². The minimum absolute atomic E-state index is 0.654. The third-order valence-corrected chi connectivity index (χ3v) is 3.75. The molecule has 1 N–H and O–H groups in total. The van der Waals surface area contributed by atoms with E-state index in [1.54, 1.807) is 17.5 Å². The van der Waals surface area contributed by atoms with Crippen molar-refractivity contribution in [3.63, 3.8) is 0 Å². The predicted octanol–water partition coefficient (Wildman–Crippen LogP) is 3.38. The Morgan fingerprint density at radius 3 is 2.82 bits per heavy atom. The van der Waals surface area contributed by atoms with Crippen LogP contribution in [0.4, 0.5) is 0 Å². The number of pyridine rings is 1. The van der Waals surface area contributed by atoms with Gasteiger partial charge in [-0.15, -0.1) is 11.3 Å². The molecule has 0 saturated heterocycles. The van der Waals surface area contributed by atoms with Gasteiger partial charge < -0.3 is 5.11 Å². The summed E-state index contributed by atoms with van der Waals surface area (Å²) in [5, 5.41) is 13.6. The number of aliphatic hydroxyl groups excluding tert-OH is 1. The van der Waals surface area contributed by atoms with Gasteiger partial charge in [0.15, 0.2) is 0 Å². The Kier molecular flexibility index (Phi) is 2.63. The Balaban J connectivity index is 2.13. The Morgan fingerprint density at radius 1 is 1.06 bits per heavy atom. The average Bonchev–Trinajstić information content (AvgIpc) is 2.87. The second kappa shape index (κ2) is 4.28. The minimum atomic E-state index is -0.654. The van der Waals surface area contributed by atoms with Crippen LogP contribution in [-0.2, 0) is 0 Å². The molecule has 3 heteroatoms. The summed E-state index contributed by atoms with van der Waals surface area (Å²) in [4.78, 5) is 4.20. The van der Waals surface area contributed by atoms with Crippen LogP contribution in [0.1, 0.15) is 17.4 Å². The summed E-state index contributed by atoms with van der Waals surface area (Å²) < 4.78 is 1.13. The fourth-order valence-corrected chi connectivity index (χ4v) is 2.87. The van der Waals surface area contributed by atoms with Gasteiger partial charge in [0.25, 0.3) is 0 Å². The van der Waals surface area contributed by atoms with Crippen molar-refractivity contribution < 1.29 is 5.11 Å². The highest BCUT2D eigenvalue weighted by Gasteiger charge is 2.14. The molecule has 84 valence electrons. The molecule has 3 aromatic rings. The molecule has 3 rings (SSSR count). The normalized spacial score (nSPS) is 12.8. The lowest BCUT2D eigenvalue weighted by Gasteiger charge is -2.11. The van der Waals surface area contributed by atoms with Crippen molar-refractivity contribution in [2.24, 2.45) is 0 Å². The lowest BCUT2D eigenvalue weighted by molar-refractivity contribution is 0.217. The minimum Gasteiger partial charge on any atom is -0.382 e. The molecule has 17 heavy (non-hydrogen) atoms. The Hall–Kier alpha value is -1.71. The largest absolute Gasteiger partial charge is 0.382 e. The van der Waals surface area contributed by atoms with E-state index in [4.69, 9.17) is 0 Å². The van der Waals surface area contributed by atoms with Gasteiger partial charge in [-0.05, 0) is 29.0 Å². The van der Waals surface area contributed by atoms with Gasteiger partial charge in [-0.25, -0.2) is 0 Å². The second-order valence-electron chi connectivity index (χ2n) is 3.84. The summed E-state index contributed by atoms with van der Waals surface area (Å²) in [6, 6.07) is 13.6. The number of aliphatic hydroxyl groups is 1. The first-order chi connectivity index (χ1) is 8.36. The van der Waals surface area contributed by atoms with Crippen LogP contribution in [0.5, 0.6) is 0 Å². The summed E-state index contributed by atoms with van der Waals surface area (Å²) in [5.41, 5.74) is 1.62. The lowest BCUT2D eigenvalue weighted by Crippen LogP contribution is -2.01. The van der Waals surface area contributed by atoms with Gasteiger partial charge in [-0.2, -0.15) is 0 Å². The molecule has 1 unspecified atom stereocenters. The zero-order valence-electron chi connectivity index (χ0n) is 9.08. The van der Waals surface area contributed by atoms with Gasteiger partial charge in [0.05, 0.1) is 5.69 Å². The Bertz CT molecular complexity index is 633. The van der Waals surface area contributed by atoms with E-state index in [1.165, 1.54) is 5.39 Å². The molecule has 0 saturated carbocycles. The quantitative estimate of drug-likeness (QED) is 0.746. The van der Waals surface area contributed by atoms with Crippen molar-refractivity contribution >= 4 is 21.4 Å². The van der Waals surface area contributed by atoms with Gasteiger partial charge >= 0.3 is 0 Å². The number of nitrogens with zero attached hydrogens (tertiary/aromatic N) is 1. The zero-order valence-corrected chi connectivity index (χ0v) is 9.89. The first kappa shape index (κ1) is 10.4. The second-order valence-corrected chi connectivity index (χ2v) is 4.76. The van der Waals surface area contributed by atoms with Crippen LogP contribution in [0, 0.1) is 0 Å². The highest BCUT2D eigenvalue weighted by molar-refractivity contribution is 7.17. The molecule has 1 atom stereocenters. The van der Waals surface area contributed by atoms with Crippen LogP contribution in [0.3, 0.4) is 0 Å². The molecule has 0 radical (unpaired) electrons. The standard InChI is InChI=1S/C14H11NOS/c16-13(12-6-1-2-8-15-12)11-5-3-4-10-7-9-17-14(10)11/h1-9,13,16H. The SMILES string of the molecule is OC(c1ccccn1)c1cccc2ccsc12.